The Morgan fingerprint density at radius 1 is 0.300 bits per heavy atom. The molecule has 0 N–H and O–H groups in total. The molecule has 0 aliphatic heterocycles. The molecular weight excluding hydrogens is 550 g/mol. The van der Waals surface area contributed by atoms with E-state index in [9.17, 15) is 43.9 Å². The molecule has 0 saturated carbocycles. The van der Waals surface area contributed by atoms with Crippen molar-refractivity contribution in [3.8, 4) is 23.7 Å². The number of rotatable bonds is 0. The zero-order valence-electron chi connectivity index (χ0n) is 19.4. The van der Waals surface area contributed by atoms with Crippen molar-refractivity contribution >= 4 is 21.5 Å². The van der Waals surface area contributed by atoms with E-state index >= 15 is 0 Å². The predicted molar refractivity (Wildman–Crippen MR) is 126 cm³/mol. The smallest absolute Gasteiger partial charge is 0.200 e. The maximum atomic E-state index is 13.9. The van der Waals surface area contributed by atoms with E-state index in [0.717, 1.165) is 0 Å². The van der Waals surface area contributed by atoms with Gasteiger partial charge in [-0.2, -0.15) is 0 Å². The van der Waals surface area contributed by atoms with E-state index in [1.54, 1.807) is 24.3 Å². The highest BCUT2D eigenvalue weighted by Crippen LogP contribution is 2.26. The van der Waals surface area contributed by atoms with Gasteiger partial charge in [0.2, 0.25) is 11.6 Å². The van der Waals surface area contributed by atoms with E-state index < -0.39 is 69.3 Å². The van der Waals surface area contributed by atoms with Gasteiger partial charge in [-0.25, -0.2) is 43.9 Å². The van der Waals surface area contributed by atoms with Crippen molar-refractivity contribution in [2.24, 2.45) is 0 Å². The summed E-state index contributed by atoms with van der Waals surface area (Å²) in [6, 6.07) is 12.5. The number of fused-ring (bicyclic) bond motifs is 2. The van der Waals surface area contributed by atoms with Crippen LogP contribution in [0.25, 0.3) is 21.5 Å². The molecule has 0 nitrogen and oxygen atoms in total. The van der Waals surface area contributed by atoms with E-state index in [-0.39, 0.29) is 11.1 Å². The fourth-order valence-corrected chi connectivity index (χ4v) is 3.85. The number of hydrogen-bond acceptors (Lipinski definition) is 0. The molecule has 0 aromatic heterocycles. The molecule has 0 unspecified atom stereocenters. The van der Waals surface area contributed by atoms with Gasteiger partial charge in [0.25, 0.3) is 0 Å². The molecule has 40 heavy (non-hydrogen) atoms. The first-order valence-electron chi connectivity index (χ1n) is 11.0. The topological polar surface area (TPSA) is 0 Å². The van der Waals surface area contributed by atoms with Gasteiger partial charge in [-0.3, -0.25) is 0 Å². The molecule has 0 aliphatic rings. The second-order valence-corrected chi connectivity index (χ2v) is 8.37. The van der Waals surface area contributed by atoms with E-state index in [1.807, 2.05) is 11.8 Å². The van der Waals surface area contributed by atoms with Crippen molar-refractivity contribution < 1.29 is 43.9 Å². The summed E-state index contributed by atoms with van der Waals surface area (Å²) in [6.07, 6.45) is 0. The van der Waals surface area contributed by atoms with Gasteiger partial charge in [0.05, 0.1) is 0 Å². The Bertz CT molecular complexity index is 1820. The summed E-state index contributed by atoms with van der Waals surface area (Å²) in [7, 11) is 0. The Labute approximate surface area is 218 Å². The summed E-state index contributed by atoms with van der Waals surface area (Å²) >= 11 is 0. The molecule has 0 bridgehead atoms. The van der Waals surface area contributed by atoms with E-state index in [0.29, 0.717) is 21.5 Å². The molecule has 0 aliphatic carbocycles. The Kier molecular flexibility index (Phi) is 6.64. The van der Waals surface area contributed by atoms with E-state index in [4.69, 9.17) is 0 Å². The largest absolute Gasteiger partial charge is 0.202 e. The molecule has 5 aromatic rings. The summed E-state index contributed by atoms with van der Waals surface area (Å²) in [6.45, 7) is 0. The van der Waals surface area contributed by atoms with Gasteiger partial charge in [-0.05, 0) is 57.9 Å². The fourth-order valence-electron chi connectivity index (χ4n) is 3.85. The van der Waals surface area contributed by atoms with Crippen molar-refractivity contribution in [3.63, 3.8) is 0 Å². The van der Waals surface area contributed by atoms with Crippen molar-refractivity contribution in [2.75, 3.05) is 0 Å². The minimum atomic E-state index is -2.29. The average Bonchev–Trinajstić information content (AvgIpc) is 2.95. The Morgan fingerprint density at radius 2 is 0.600 bits per heavy atom. The van der Waals surface area contributed by atoms with Gasteiger partial charge in [0.15, 0.2) is 46.5 Å². The Hall–Kier alpha value is -4.96. The van der Waals surface area contributed by atoms with Crippen LogP contribution in [-0.2, 0) is 0 Å². The van der Waals surface area contributed by atoms with Crippen molar-refractivity contribution in [2.45, 2.75) is 0 Å². The van der Waals surface area contributed by atoms with Gasteiger partial charge in [0.1, 0.15) is 11.1 Å². The molecule has 0 atom stereocenters. The molecule has 0 amide bonds. The summed E-state index contributed by atoms with van der Waals surface area (Å²) in [4.78, 5) is 0. The van der Waals surface area contributed by atoms with Gasteiger partial charge in [-0.1, -0.05) is 35.8 Å². The molecule has 5 rings (SSSR count). The van der Waals surface area contributed by atoms with Crippen LogP contribution in [0.15, 0.2) is 48.5 Å². The van der Waals surface area contributed by atoms with Crippen LogP contribution < -0.4 is 0 Å². The average molecular weight is 558 g/mol. The highest BCUT2D eigenvalue weighted by molar-refractivity contribution is 5.99. The minimum Gasteiger partial charge on any atom is -0.202 e. The van der Waals surface area contributed by atoms with Crippen LogP contribution in [0.2, 0.25) is 0 Å². The first-order chi connectivity index (χ1) is 19.0. The summed E-state index contributed by atoms with van der Waals surface area (Å²) in [5.41, 5.74) is -2.12. The van der Waals surface area contributed by atoms with E-state index in [1.165, 1.54) is 24.3 Å². The van der Waals surface area contributed by atoms with Crippen LogP contribution in [-0.4, -0.2) is 0 Å². The molecule has 0 spiro atoms. The first kappa shape index (κ1) is 26.6. The monoisotopic (exact) mass is 558 g/mol. The molecule has 198 valence electrons. The van der Waals surface area contributed by atoms with E-state index in [2.05, 4.69) is 11.8 Å². The minimum absolute atomic E-state index is 0.209. The maximum Gasteiger partial charge on any atom is 0.200 e. The summed E-state index contributed by atoms with van der Waals surface area (Å²) in [5, 5.41) is 2.47. The summed E-state index contributed by atoms with van der Waals surface area (Å²) in [5.74, 6) is -12.5. The molecule has 10 heteroatoms. The highest BCUT2D eigenvalue weighted by atomic mass is 19.2. The number of halogens is 10. The van der Waals surface area contributed by atoms with Gasteiger partial charge in [-0.15, -0.1) is 0 Å². The number of benzene rings is 5. The summed E-state index contributed by atoms with van der Waals surface area (Å²) < 4.78 is 136. The van der Waals surface area contributed by atoms with Gasteiger partial charge >= 0.3 is 0 Å². The third-order valence-electron chi connectivity index (χ3n) is 5.88. The van der Waals surface area contributed by atoms with Gasteiger partial charge < -0.3 is 0 Å². The lowest BCUT2D eigenvalue weighted by Crippen LogP contribution is -2.04. The van der Waals surface area contributed by atoms with Crippen LogP contribution in [0.5, 0.6) is 0 Å². The SMILES string of the molecule is Fc1c(F)c(F)c(C#Cc2ccc3cc4cc(C#Cc5c(F)c(F)c(F)c(F)c5F)ccc4cc3c2)c(F)c1F. The first-order valence-corrected chi connectivity index (χ1v) is 11.0. The Balaban J connectivity index is 1.51. The lowest BCUT2D eigenvalue weighted by Gasteiger charge is -2.05. The van der Waals surface area contributed by atoms with Crippen LogP contribution in [0.4, 0.5) is 43.9 Å². The normalized spacial score (nSPS) is 10.8. The molecule has 5 aromatic carbocycles. The highest BCUT2D eigenvalue weighted by Gasteiger charge is 2.25. The quantitative estimate of drug-likeness (QED) is 0.0592. The fraction of sp³-hybridized carbons (Fsp3) is 0. The standard InChI is InChI=1S/C30H8F10/c31-21-19(22(32)26(36)29(39)25(21)35)7-3-13-1-5-15-11-18-10-14(2-6-16(18)12-17(15)9-13)4-8-20-23(33)27(37)30(40)28(38)24(20)34/h1-2,5-6,9-12H. The van der Waals surface area contributed by atoms with Crippen LogP contribution in [0.3, 0.4) is 0 Å². The second-order valence-electron chi connectivity index (χ2n) is 8.37. The second kappa shape index (κ2) is 9.97. The molecule has 0 heterocycles. The molecule has 0 fully saturated rings. The third kappa shape index (κ3) is 4.48. The maximum absolute atomic E-state index is 13.9. The van der Waals surface area contributed by atoms with Crippen molar-refractivity contribution in [1.29, 1.82) is 0 Å². The van der Waals surface area contributed by atoms with Crippen molar-refractivity contribution in [1.82, 2.24) is 0 Å². The molecular formula is C30H8F10. The van der Waals surface area contributed by atoms with Crippen LogP contribution >= 0.6 is 0 Å². The zero-order chi connectivity index (χ0) is 28.9. The van der Waals surface area contributed by atoms with Gasteiger partial charge in [0, 0.05) is 11.1 Å². The lowest BCUT2D eigenvalue weighted by molar-refractivity contribution is 0.376. The van der Waals surface area contributed by atoms with Crippen LogP contribution in [0, 0.1) is 81.9 Å². The lowest BCUT2D eigenvalue weighted by atomic mass is 10.00. The number of hydrogen-bond donors (Lipinski definition) is 0. The van der Waals surface area contributed by atoms with Crippen LogP contribution in [0.1, 0.15) is 22.3 Å². The van der Waals surface area contributed by atoms with Crippen molar-refractivity contribution in [3.05, 3.63) is 129 Å². The predicted octanol–water partition coefficient (Wildman–Crippen LogP) is 8.18. The molecule has 0 radical (unpaired) electrons. The molecule has 0 saturated heterocycles. The third-order valence-corrected chi connectivity index (χ3v) is 5.88. The zero-order valence-corrected chi connectivity index (χ0v) is 19.4. The Morgan fingerprint density at radius 3 is 0.925 bits per heavy atom.